The van der Waals surface area contributed by atoms with Crippen molar-refractivity contribution in [3.05, 3.63) is 53.6 Å². The maximum absolute atomic E-state index is 11.9. The summed E-state index contributed by atoms with van der Waals surface area (Å²) in [5.74, 6) is 0.412. The van der Waals surface area contributed by atoms with Crippen LogP contribution in [-0.4, -0.2) is 30.4 Å². The molecule has 0 aliphatic carbocycles. The number of hydrogen-bond donors (Lipinski definition) is 1. The van der Waals surface area contributed by atoms with E-state index in [0.29, 0.717) is 36.7 Å². The van der Waals surface area contributed by atoms with E-state index in [0.717, 1.165) is 11.3 Å². The number of carboxylic acid groups (broad SMARTS) is 1. The van der Waals surface area contributed by atoms with E-state index >= 15 is 0 Å². The zero-order valence-corrected chi connectivity index (χ0v) is 14.4. The Morgan fingerprint density at radius 1 is 1.12 bits per heavy atom. The van der Waals surface area contributed by atoms with Crippen LogP contribution in [0.2, 0.25) is 0 Å². The maximum Gasteiger partial charge on any atom is 0.311 e. The van der Waals surface area contributed by atoms with Gasteiger partial charge in [-0.15, -0.1) is 0 Å². The molecule has 5 heteroatoms. The molecular weight excluding hydrogens is 320 g/mol. The van der Waals surface area contributed by atoms with Crippen molar-refractivity contribution in [2.45, 2.75) is 32.3 Å². The molecule has 0 radical (unpaired) electrons. The minimum atomic E-state index is -0.879. The first-order chi connectivity index (χ1) is 12.0. The van der Waals surface area contributed by atoms with E-state index in [1.807, 2.05) is 38.1 Å². The Balaban J connectivity index is 1.89. The fourth-order valence-electron chi connectivity index (χ4n) is 2.89. The van der Waals surface area contributed by atoms with Crippen LogP contribution < -0.4 is 14.2 Å². The zero-order valence-electron chi connectivity index (χ0n) is 14.4. The Bertz CT molecular complexity index is 754. The zero-order chi connectivity index (χ0) is 17.8. The fourth-order valence-corrected chi connectivity index (χ4v) is 2.89. The monoisotopic (exact) mass is 342 g/mol. The summed E-state index contributed by atoms with van der Waals surface area (Å²) < 4.78 is 16.9. The van der Waals surface area contributed by atoms with Crippen LogP contribution in [0.25, 0.3) is 0 Å². The molecule has 1 aliphatic heterocycles. The quantitative estimate of drug-likeness (QED) is 0.868. The second kappa shape index (κ2) is 7.47. The lowest BCUT2D eigenvalue weighted by Gasteiger charge is -2.21. The van der Waals surface area contributed by atoms with Crippen molar-refractivity contribution in [2.75, 3.05) is 13.2 Å². The third kappa shape index (κ3) is 4.05. The van der Waals surface area contributed by atoms with Crippen LogP contribution in [0.3, 0.4) is 0 Å². The Kier molecular flexibility index (Phi) is 5.12. The molecule has 0 saturated carbocycles. The highest BCUT2D eigenvalue weighted by molar-refractivity contribution is 5.77. The Hall–Kier alpha value is -2.69. The van der Waals surface area contributed by atoms with Gasteiger partial charge in [-0.1, -0.05) is 24.3 Å². The molecule has 0 spiro atoms. The number of fused-ring (bicyclic) bond motifs is 1. The maximum atomic E-state index is 11.9. The van der Waals surface area contributed by atoms with Gasteiger partial charge in [0.2, 0.25) is 0 Å². The highest BCUT2D eigenvalue weighted by Gasteiger charge is 2.24. The second-order valence-electron chi connectivity index (χ2n) is 6.27. The summed E-state index contributed by atoms with van der Waals surface area (Å²) in [4.78, 5) is 11.9. The van der Waals surface area contributed by atoms with Gasteiger partial charge in [0, 0.05) is 0 Å². The Labute approximate surface area is 147 Å². The van der Waals surface area contributed by atoms with E-state index in [-0.39, 0.29) is 6.10 Å². The highest BCUT2D eigenvalue weighted by Crippen LogP contribution is 2.35. The number of carboxylic acids is 1. The molecule has 0 saturated heterocycles. The Morgan fingerprint density at radius 3 is 2.56 bits per heavy atom. The van der Waals surface area contributed by atoms with Crippen molar-refractivity contribution in [1.82, 2.24) is 0 Å². The summed E-state index contributed by atoms with van der Waals surface area (Å²) in [6.45, 7) is 4.88. The molecule has 3 rings (SSSR count). The van der Waals surface area contributed by atoms with Crippen molar-refractivity contribution < 1.29 is 24.1 Å². The fraction of sp³-hybridized carbons (Fsp3) is 0.350. The van der Waals surface area contributed by atoms with E-state index in [1.54, 1.807) is 18.2 Å². The molecule has 1 heterocycles. The molecule has 1 aliphatic rings. The number of carbonyl (C=O) groups is 1. The number of hydrogen-bond acceptors (Lipinski definition) is 4. The van der Waals surface area contributed by atoms with Gasteiger partial charge in [-0.05, 0) is 49.6 Å². The van der Waals surface area contributed by atoms with E-state index in [9.17, 15) is 9.90 Å². The summed E-state index contributed by atoms with van der Waals surface area (Å²) in [5.41, 5.74) is 1.56. The summed E-state index contributed by atoms with van der Waals surface area (Å²) in [6, 6.07) is 12.9. The molecule has 5 nitrogen and oxygen atoms in total. The summed E-state index contributed by atoms with van der Waals surface area (Å²) >= 11 is 0. The van der Waals surface area contributed by atoms with Gasteiger partial charge in [0.25, 0.3) is 0 Å². The molecule has 0 bridgehead atoms. The number of benzene rings is 2. The van der Waals surface area contributed by atoms with Crippen molar-refractivity contribution >= 4 is 5.97 Å². The number of ether oxygens (including phenoxy) is 3. The molecule has 2 aromatic rings. The molecule has 2 aromatic carbocycles. The van der Waals surface area contributed by atoms with E-state index < -0.39 is 11.9 Å². The summed E-state index contributed by atoms with van der Waals surface area (Å²) in [6.07, 6.45) is 0.372. The largest absolute Gasteiger partial charge is 0.491 e. The van der Waals surface area contributed by atoms with Crippen LogP contribution in [0, 0.1) is 0 Å². The van der Waals surface area contributed by atoms with Gasteiger partial charge in [0.1, 0.15) is 19.0 Å². The average Bonchev–Trinajstić information content (AvgIpc) is 2.60. The highest BCUT2D eigenvalue weighted by atomic mass is 16.6. The van der Waals surface area contributed by atoms with E-state index in [1.165, 1.54) is 0 Å². The minimum Gasteiger partial charge on any atom is -0.491 e. The van der Waals surface area contributed by atoms with Crippen LogP contribution in [0.15, 0.2) is 42.5 Å². The third-order valence-electron chi connectivity index (χ3n) is 4.03. The van der Waals surface area contributed by atoms with Gasteiger partial charge in [-0.2, -0.15) is 0 Å². The van der Waals surface area contributed by atoms with Gasteiger partial charge in [0.15, 0.2) is 11.5 Å². The lowest BCUT2D eigenvalue weighted by atomic mass is 9.91. The third-order valence-corrected chi connectivity index (χ3v) is 4.03. The molecule has 1 N–H and O–H groups in total. The lowest BCUT2D eigenvalue weighted by Crippen LogP contribution is -2.18. The van der Waals surface area contributed by atoms with Gasteiger partial charge in [0.05, 0.1) is 12.0 Å². The first-order valence-corrected chi connectivity index (χ1v) is 8.41. The van der Waals surface area contributed by atoms with Gasteiger partial charge in [-0.3, -0.25) is 4.79 Å². The normalized spacial score (nSPS) is 14.2. The standard InChI is InChI=1S/C20H22O5/c1-13(2)25-17-6-4-3-5-15(17)11-16(20(21)22)14-7-8-18-19(12-14)24-10-9-23-18/h3-8,12-13,16H,9-11H2,1-2H3,(H,21,22). The Morgan fingerprint density at radius 2 is 1.84 bits per heavy atom. The SMILES string of the molecule is CC(C)Oc1ccccc1CC(C(=O)O)c1ccc2c(c1)OCCO2. The van der Waals surface area contributed by atoms with Crippen LogP contribution in [0.1, 0.15) is 30.9 Å². The molecular formula is C20H22O5. The topological polar surface area (TPSA) is 65.0 Å². The number of rotatable bonds is 6. The molecule has 1 unspecified atom stereocenters. The second-order valence-corrected chi connectivity index (χ2v) is 6.27. The first kappa shape index (κ1) is 17.1. The molecule has 0 aromatic heterocycles. The molecule has 0 fully saturated rings. The van der Waals surface area contributed by atoms with Crippen LogP contribution in [0.5, 0.6) is 17.2 Å². The van der Waals surface area contributed by atoms with Gasteiger partial charge in [-0.25, -0.2) is 0 Å². The smallest absolute Gasteiger partial charge is 0.311 e. The van der Waals surface area contributed by atoms with Gasteiger partial charge < -0.3 is 19.3 Å². The van der Waals surface area contributed by atoms with Crippen molar-refractivity contribution in [2.24, 2.45) is 0 Å². The molecule has 25 heavy (non-hydrogen) atoms. The van der Waals surface area contributed by atoms with Crippen LogP contribution >= 0.6 is 0 Å². The van der Waals surface area contributed by atoms with Crippen molar-refractivity contribution in [3.63, 3.8) is 0 Å². The first-order valence-electron chi connectivity index (χ1n) is 8.41. The number of para-hydroxylation sites is 1. The molecule has 1 atom stereocenters. The van der Waals surface area contributed by atoms with E-state index in [2.05, 4.69) is 0 Å². The van der Waals surface area contributed by atoms with Gasteiger partial charge >= 0.3 is 5.97 Å². The minimum absolute atomic E-state index is 0.0266. The van der Waals surface area contributed by atoms with Crippen LogP contribution in [-0.2, 0) is 11.2 Å². The molecule has 132 valence electrons. The van der Waals surface area contributed by atoms with E-state index in [4.69, 9.17) is 14.2 Å². The van der Waals surface area contributed by atoms with Crippen molar-refractivity contribution in [1.29, 1.82) is 0 Å². The number of aliphatic carboxylic acids is 1. The lowest BCUT2D eigenvalue weighted by molar-refractivity contribution is -0.138. The summed E-state index contributed by atoms with van der Waals surface area (Å²) in [5, 5.41) is 9.75. The molecule has 0 amide bonds. The van der Waals surface area contributed by atoms with Crippen molar-refractivity contribution in [3.8, 4) is 17.2 Å². The van der Waals surface area contributed by atoms with Crippen LogP contribution in [0.4, 0.5) is 0 Å². The average molecular weight is 342 g/mol. The summed E-state index contributed by atoms with van der Waals surface area (Å²) in [7, 11) is 0. The predicted molar refractivity (Wildman–Crippen MR) is 93.7 cm³/mol. The predicted octanol–water partition coefficient (Wildman–Crippen LogP) is 3.66.